The molecule has 0 spiro atoms. The first-order valence-corrected chi connectivity index (χ1v) is 7.19. The normalized spacial score (nSPS) is 10.4. The summed E-state index contributed by atoms with van der Waals surface area (Å²) in [5, 5.41) is 4.80. The van der Waals surface area contributed by atoms with Crippen LogP contribution >= 0.6 is 23.2 Å². The van der Waals surface area contributed by atoms with Gasteiger partial charge in [-0.3, -0.25) is 0 Å². The third-order valence-corrected chi connectivity index (χ3v) is 3.79. The Morgan fingerprint density at radius 3 is 2.50 bits per heavy atom. The highest BCUT2D eigenvalue weighted by atomic mass is 35.5. The summed E-state index contributed by atoms with van der Waals surface area (Å²) in [6.45, 7) is 2.75. The predicted molar refractivity (Wildman–Crippen MR) is 89.3 cm³/mol. The molecule has 0 saturated heterocycles. The third-order valence-electron chi connectivity index (χ3n) is 3.18. The van der Waals surface area contributed by atoms with E-state index in [-0.39, 0.29) is 0 Å². The van der Waals surface area contributed by atoms with Crippen molar-refractivity contribution < 1.29 is 0 Å². The van der Waals surface area contributed by atoms with Gasteiger partial charge >= 0.3 is 0 Å². The highest BCUT2D eigenvalue weighted by Gasteiger charge is 2.04. The van der Waals surface area contributed by atoms with E-state index in [0.29, 0.717) is 11.6 Å². The molecule has 0 saturated carbocycles. The van der Waals surface area contributed by atoms with Crippen LogP contribution < -0.4 is 10.2 Å². The molecule has 0 amide bonds. The van der Waals surface area contributed by atoms with Gasteiger partial charge in [0, 0.05) is 42.1 Å². The number of rotatable bonds is 4. The lowest BCUT2D eigenvalue weighted by atomic mass is 10.1. The molecule has 106 valence electrons. The molecule has 20 heavy (non-hydrogen) atoms. The molecule has 0 unspecified atom stereocenters. The van der Waals surface area contributed by atoms with Crippen LogP contribution in [0.15, 0.2) is 36.4 Å². The van der Waals surface area contributed by atoms with E-state index in [1.165, 1.54) is 11.3 Å². The Kier molecular flexibility index (Phi) is 4.79. The monoisotopic (exact) mass is 308 g/mol. The van der Waals surface area contributed by atoms with E-state index in [1.807, 2.05) is 26.2 Å². The van der Waals surface area contributed by atoms with Crippen molar-refractivity contribution in [2.45, 2.75) is 13.5 Å². The van der Waals surface area contributed by atoms with Crippen LogP contribution in [-0.2, 0) is 6.54 Å². The largest absolute Gasteiger partial charge is 0.381 e. The summed E-state index contributed by atoms with van der Waals surface area (Å²) >= 11 is 12.2. The van der Waals surface area contributed by atoms with E-state index in [9.17, 15) is 0 Å². The van der Waals surface area contributed by atoms with Crippen molar-refractivity contribution in [3.05, 3.63) is 57.6 Å². The Balaban J connectivity index is 2.15. The minimum absolute atomic E-state index is 0.648. The van der Waals surface area contributed by atoms with Crippen LogP contribution in [0, 0.1) is 6.92 Å². The van der Waals surface area contributed by atoms with Crippen molar-refractivity contribution in [3.8, 4) is 0 Å². The lowest BCUT2D eigenvalue weighted by Crippen LogP contribution is -2.11. The molecule has 0 aliphatic rings. The molecular weight excluding hydrogens is 291 g/mol. The summed E-state index contributed by atoms with van der Waals surface area (Å²) in [5.74, 6) is 0. The van der Waals surface area contributed by atoms with Gasteiger partial charge in [-0.15, -0.1) is 0 Å². The maximum Gasteiger partial charge on any atom is 0.0456 e. The zero-order valence-corrected chi connectivity index (χ0v) is 13.4. The van der Waals surface area contributed by atoms with Crippen LogP contribution in [0.5, 0.6) is 0 Å². The number of benzene rings is 2. The highest BCUT2D eigenvalue weighted by molar-refractivity contribution is 6.33. The van der Waals surface area contributed by atoms with E-state index >= 15 is 0 Å². The summed E-state index contributed by atoms with van der Waals surface area (Å²) < 4.78 is 0. The second kappa shape index (κ2) is 6.38. The lowest BCUT2D eigenvalue weighted by Gasteiger charge is -2.17. The average molecular weight is 309 g/mol. The fourth-order valence-corrected chi connectivity index (χ4v) is 2.46. The van der Waals surface area contributed by atoms with Crippen molar-refractivity contribution >= 4 is 34.6 Å². The molecular formula is C16H18Cl2N2. The van der Waals surface area contributed by atoms with E-state index < -0.39 is 0 Å². The molecule has 2 rings (SSSR count). The van der Waals surface area contributed by atoms with E-state index in [4.69, 9.17) is 23.2 Å². The molecule has 0 atom stereocenters. The van der Waals surface area contributed by atoms with E-state index in [2.05, 4.69) is 35.3 Å². The van der Waals surface area contributed by atoms with Crippen molar-refractivity contribution in [2.75, 3.05) is 24.3 Å². The van der Waals surface area contributed by atoms with Crippen LogP contribution in [0.25, 0.3) is 0 Å². The quantitative estimate of drug-likeness (QED) is 0.857. The number of aryl methyl sites for hydroxylation is 1. The zero-order chi connectivity index (χ0) is 14.7. The van der Waals surface area contributed by atoms with Crippen LogP contribution in [-0.4, -0.2) is 14.1 Å². The van der Waals surface area contributed by atoms with E-state index in [1.54, 1.807) is 6.07 Å². The minimum Gasteiger partial charge on any atom is -0.381 e. The third kappa shape index (κ3) is 3.59. The molecule has 4 heteroatoms. The van der Waals surface area contributed by atoms with Gasteiger partial charge in [-0.2, -0.15) is 0 Å². The maximum absolute atomic E-state index is 6.16. The Bertz CT molecular complexity index is 609. The van der Waals surface area contributed by atoms with Gasteiger partial charge in [0.15, 0.2) is 0 Å². The Hall–Kier alpha value is -1.38. The first kappa shape index (κ1) is 15.0. The van der Waals surface area contributed by atoms with Crippen molar-refractivity contribution in [1.82, 2.24) is 0 Å². The van der Waals surface area contributed by atoms with Crippen LogP contribution in [0.4, 0.5) is 11.4 Å². The molecule has 2 nitrogen and oxygen atoms in total. The first-order valence-electron chi connectivity index (χ1n) is 6.43. The average Bonchev–Trinajstić information content (AvgIpc) is 2.41. The van der Waals surface area contributed by atoms with Gasteiger partial charge < -0.3 is 10.2 Å². The van der Waals surface area contributed by atoms with Crippen molar-refractivity contribution in [3.63, 3.8) is 0 Å². The molecule has 1 N–H and O–H groups in total. The van der Waals surface area contributed by atoms with Crippen LogP contribution in [0.3, 0.4) is 0 Å². The highest BCUT2D eigenvalue weighted by Crippen LogP contribution is 2.25. The molecule has 0 radical (unpaired) electrons. The van der Waals surface area contributed by atoms with Gasteiger partial charge in [-0.05, 0) is 48.4 Å². The Labute approximate surface area is 130 Å². The number of hydrogen-bond acceptors (Lipinski definition) is 2. The topological polar surface area (TPSA) is 15.3 Å². The SMILES string of the molecule is Cc1ccc(NCc2cc(Cl)ccc2Cl)cc1N(C)C. The van der Waals surface area contributed by atoms with Gasteiger partial charge in [0.25, 0.3) is 0 Å². The number of halogens is 2. The molecule has 0 bridgehead atoms. The number of hydrogen-bond donors (Lipinski definition) is 1. The molecule has 0 heterocycles. The molecule has 0 aliphatic heterocycles. The smallest absolute Gasteiger partial charge is 0.0456 e. The number of nitrogens with zero attached hydrogens (tertiary/aromatic N) is 1. The minimum atomic E-state index is 0.648. The van der Waals surface area contributed by atoms with Gasteiger partial charge in [0.2, 0.25) is 0 Å². The molecule has 0 aliphatic carbocycles. The van der Waals surface area contributed by atoms with Gasteiger partial charge in [-0.1, -0.05) is 29.3 Å². The fraction of sp³-hybridized carbons (Fsp3) is 0.250. The second-order valence-electron chi connectivity index (χ2n) is 4.98. The van der Waals surface area contributed by atoms with Crippen LogP contribution in [0.1, 0.15) is 11.1 Å². The molecule has 2 aromatic carbocycles. The summed E-state index contributed by atoms with van der Waals surface area (Å²) in [7, 11) is 4.08. The molecule has 0 fully saturated rings. The maximum atomic E-state index is 6.16. The summed E-state index contributed by atoms with van der Waals surface area (Å²) in [5.41, 5.74) is 4.51. The van der Waals surface area contributed by atoms with Gasteiger partial charge in [0.05, 0.1) is 0 Å². The summed E-state index contributed by atoms with van der Waals surface area (Å²) in [6.07, 6.45) is 0. The number of nitrogens with one attached hydrogen (secondary N) is 1. The standard InChI is InChI=1S/C16H18Cl2N2/c1-11-4-6-14(9-16(11)20(2)3)19-10-12-8-13(17)5-7-15(12)18/h4-9,19H,10H2,1-3H3. The Morgan fingerprint density at radius 2 is 1.80 bits per heavy atom. The second-order valence-corrected chi connectivity index (χ2v) is 5.83. The molecule has 0 aromatic heterocycles. The number of anilines is 2. The zero-order valence-electron chi connectivity index (χ0n) is 11.9. The first-order chi connectivity index (χ1) is 9.47. The predicted octanol–water partition coefficient (Wildman–Crippen LogP) is 4.98. The fourth-order valence-electron chi connectivity index (χ4n) is 2.08. The van der Waals surface area contributed by atoms with Crippen LogP contribution in [0.2, 0.25) is 10.0 Å². The van der Waals surface area contributed by atoms with Gasteiger partial charge in [0.1, 0.15) is 0 Å². The van der Waals surface area contributed by atoms with Crippen molar-refractivity contribution in [2.24, 2.45) is 0 Å². The van der Waals surface area contributed by atoms with E-state index in [0.717, 1.165) is 16.3 Å². The summed E-state index contributed by atoms with van der Waals surface area (Å²) in [6, 6.07) is 11.8. The molecule has 2 aromatic rings. The summed E-state index contributed by atoms with van der Waals surface area (Å²) in [4.78, 5) is 2.10. The van der Waals surface area contributed by atoms with Crippen molar-refractivity contribution in [1.29, 1.82) is 0 Å². The lowest BCUT2D eigenvalue weighted by molar-refractivity contribution is 1.10. The van der Waals surface area contributed by atoms with Gasteiger partial charge in [-0.25, -0.2) is 0 Å². The Morgan fingerprint density at radius 1 is 1.05 bits per heavy atom.